The zero-order valence-corrected chi connectivity index (χ0v) is 18.0. The Morgan fingerprint density at radius 1 is 0.969 bits per heavy atom. The third-order valence-electron chi connectivity index (χ3n) is 6.49. The summed E-state index contributed by atoms with van der Waals surface area (Å²) in [7, 11) is 0. The number of carbonyl (C=O) groups is 1. The molecule has 162 valence electrons. The van der Waals surface area contributed by atoms with Crippen molar-refractivity contribution < 1.29 is 9.90 Å². The average molecular weight is 426 g/mol. The normalized spacial score (nSPS) is 15.2. The first-order valence-corrected chi connectivity index (χ1v) is 11.2. The number of fused-ring (bicyclic) bond motifs is 1. The second-order valence-electron chi connectivity index (χ2n) is 8.61. The Morgan fingerprint density at radius 2 is 1.78 bits per heavy atom. The molecule has 3 heterocycles. The molecule has 1 aliphatic heterocycles. The first-order valence-electron chi connectivity index (χ1n) is 11.2. The molecule has 1 aliphatic rings. The SMILES string of the molecule is O=C(O)c1cccc(CN2CCC(c3cn(Cc4ccccn4)c4ccccc34)CC2)c1. The molecule has 5 nitrogen and oxygen atoms in total. The van der Waals surface area contributed by atoms with E-state index in [4.69, 9.17) is 0 Å². The molecule has 32 heavy (non-hydrogen) atoms. The van der Waals surface area contributed by atoms with Crippen LogP contribution in [-0.4, -0.2) is 38.6 Å². The smallest absolute Gasteiger partial charge is 0.335 e. The van der Waals surface area contributed by atoms with Crippen LogP contribution in [0.1, 0.15) is 45.9 Å². The second kappa shape index (κ2) is 8.97. The van der Waals surface area contributed by atoms with E-state index in [1.165, 1.54) is 16.5 Å². The van der Waals surface area contributed by atoms with Gasteiger partial charge in [0.15, 0.2) is 0 Å². The molecule has 2 aromatic heterocycles. The molecule has 0 bridgehead atoms. The quantitative estimate of drug-likeness (QED) is 0.463. The highest BCUT2D eigenvalue weighted by atomic mass is 16.4. The summed E-state index contributed by atoms with van der Waals surface area (Å²) in [5, 5.41) is 10.6. The molecule has 5 heteroatoms. The highest BCUT2D eigenvalue weighted by Gasteiger charge is 2.24. The average Bonchev–Trinajstić information content (AvgIpc) is 3.19. The highest BCUT2D eigenvalue weighted by Crippen LogP contribution is 2.35. The zero-order valence-electron chi connectivity index (χ0n) is 18.0. The molecular formula is C27H27N3O2. The van der Waals surface area contributed by atoms with Crippen molar-refractivity contribution >= 4 is 16.9 Å². The molecule has 1 N–H and O–H groups in total. The fourth-order valence-corrected chi connectivity index (χ4v) is 4.86. The molecule has 5 rings (SSSR count). The summed E-state index contributed by atoms with van der Waals surface area (Å²) in [5.41, 5.74) is 5.19. The third-order valence-corrected chi connectivity index (χ3v) is 6.49. The number of para-hydroxylation sites is 1. The number of piperidine rings is 1. The summed E-state index contributed by atoms with van der Waals surface area (Å²) in [4.78, 5) is 18.2. The van der Waals surface area contributed by atoms with Crippen LogP contribution in [0.5, 0.6) is 0 Å². The lowest BCUT2D eigenvalue weighted by Gasteiger charge is -2.32. The van der Waals surface area contributed by atoms with Crippen molar-refractivity contribution in [2.24, 2.45) is 0 Å². The molecule has 2 aromatic carbocycles. The van der Waals surface area contributed by atoms with Gasteiger partial charge in [-0.1, -0.05) is 36.4 Å². The lowest BCUT2D eigenvalue weighted by atomic mass is 9.89. The highest BCUT2D eigenvalue weighted by molar-refractivity contribution is 5.87. The molecule has 0 radical (unpaired) electrons. The van der Waals surface area contributed by atoms with E-state index in [2.05, 4.69) is 51.0 Å². The van der Waals surface area contributed by atoms with E-state index in [1.54, 1.807) is 12.1 Å². The molecule has 1 fully saturated rings. The standard InChI is InChI=1S/C27H27N3O2/c31-27(32)22-7-5-6-20(16-22)17-29-14-11-21(12-15-29)25-19-30(18-23-8-3-4-13-28-23)26-10-2-1-9-24(25)26/h1-10,13,16,19,21H,11-12,14-15,17-18H2,(H,31,32). The van der Waals surface area contributed by atoms with Crippen molar-refractivity contribution in [2.75, 3.05) is 13.1 Å². The largest absolute Gasteiger partial charge is 0.478 e. The Labute approximate surface area is 187 Å². The number of likely N-dealkylation sites (tertiary alicyclic amines) is 1. The Kier molecular flexibility index (Phi) is 5.73. The van der Waals surface area contributed by atoms with Gasteiger partial charge in [0.25, 0.3) is 0 Å². The molecule has 0 spiro atoms. The minimum Gasteiger partial charge on any atom is -0.478 e. The summed E-state index contributed by atoms with van der Waals surface area (Å²) in [6, 6.07) is 22.0. The lowest BCUT2D eigenvalue weighted by molar-refractivity contribution is 0.0696. The fraction of sp³-hybridized carbons (Fsp3) is 0.259. The van der Waals surface area contributed by atoms with Gasteiger partial charge in [-0.15, -0.1) is 0 Å². The summed E-state index contributed by atoms with van der Waals surface area (Å²) in [6.07, 6.45) is 6.40. The summed E-state index contributed by atoms with van der Waals surface area (Å²) >= 11 is 0. The second-order valence-corrected chi connectivity index (χ2v) is 8.61. The van der Waals surface area contributed by atoms with E-state index >= 15 is 0 Å². The van der Waals surface area contributed by atoms with E-state index < -0.39 is 5.97 Å². The lowest BCUT2D eigenvalue weighted by Crippen LogP contribution is -2.32. The van der Waals surface area contributed by atoms with Crippen LogP contribution < -0.4 is 0 Å². The van der Waals surface area contributed by atoms with Crippen LogP contribution in [0.15, 0.2) is 79.1 Å². The van der Waals surface area contributed by atoms with Crippen molar-refractivity contribution in [3.8, 4) is 0 Å². The maximum atomic E-state index is 11.3. The van der Waals surface area contributed by atoms with Gasteiger partial charge in [0, 0.05) is 29.8 Å². The van der Waals surface area contributed by atoms with Crippen LogP contribution in [0.4, 0.5) is 0 Å². The summed E-state index contributed by atoms with van der Waals surface area (Å²) < 4.78 is 2.33. The molecule has 0 unspecified atom stereocenters. The molecule has 0 atom stereocenters. The number of carboxylic acid groups (broad SMARTS) is 1. The Hall–Kier alpha value is -3.44. The summed E-state index contributed by atoms with van der Waals surface area (Å²) in [6.45, 7) is 3.61. The predicted molar refractivity (Wildman–Crippen MR) is 126 cm³/mol. The first kappa shape index (κ1) is 20.5. The van der Waals surface area contributed by atoms with Crippen LogP contribution in [0.2, 0.25) is 0 Å². The number of hydrogen-bond donors (Lipinski definition) is 1. The molecular weight excluding hydrogens is 398 g/mol. The van der Waals surface area contributed by atoms with Crippen LogP contribution in [0.25, 0.3) is 10.9 Å². The van der Waals surface area contributed by atoms with Crippen molar-refractivity contribution in [3.63, 3.8) is 0 Å². The van der Waals surface area contributed by atoms with Crippen LogP contribution in [0.3, 0.4) is 0 Å². The van der Waals surface area contributed by atoms with E-state index in [0.29, 0.717) is 11.5 Å². The Bertz CT molecular complexity index is 1220. The number of pyridine rings is 1. The third kappa shape index (κ3) is 4.30. The molecule has 0 saturated carbocycles. The number of aromatic carboxylic acids is 1. The first-order chi connectivity index (χ1) is 15.7. The van der Waals surface area contributed by atoms with Crippen molar-refractivity contribution in [2.45, 2.75) is 31.8 Å². The van der Waals surface area contributed by atoms with Gasteiger partial charge in [0.2, 0.25) is 0 Å². The number of rotatable bonds is 6. The monoisotopic (exact) mass is 425 g/mol. The number of aromatic nitrogens is 2. The molecule has 0 aliphatic carbocycles. The van der Waals surface area contributed by atoms with Gasteiger partial charge in [-0.05, 0) is 73.3 Å². The zero-order chi connectivity index (χ0) is 21.9. The van der Waals surface area contributed by atoms with Gasteiger partial charge in [-0.3, -0.25) is 9.88 Å². The van der Waals surface area contributed by atoms with E-state index in [1.807, 2.05) is 30.5 Å². The number of carboxylic acids is 1. The van der Waals surface area contributed by atoms with Crippen LogP contribution in [-0.2, 0) is 13.1 Å². The van der Waals surface area contributed by atoms with E-state index in [0.717, 1.165) is 50.3 Å². The van der Waals surface area contributed by atoms with Gasteiger partial charge in [-0.25, -0.2) is 4.79 Å². The fourth-order valence-electron chi connectivity index (χ4n) is 4.86. The molecule has 4 aromatic rings. The van der Waals surface area contributed by atoms with E-state index in [-0.39, 0.29) is 0 Å². The van der Waals surface area contributed by atoms with Crippen molar-refractivity contribution in [1.82, 2.24) is 14.5 Å². The van der Waals surface area contributed by atoms with Crippen molar-refractivity contribution in [3.05, 3.63) is 102 Å². The maximum absolute atomic E-state index is 11.3. The Morgan fingerprint density at radius 3 is 2.56 bits per heavy atom. The number of hydrogen-bond acceptors (Lipinski definition) is 3. The van der Waals surface area contributed by atoms with Gasteiger partial charge in [0.05, 0.1) is 17.8 Å². The predicted octanol–water partition coefficient (Wildman–Crippen LogP) is 5.16. The number of benzene rings is 2. The Balaban J connectivity index is 1.31. The maximum Gasteiger partial charge on any atom is 0.335 e. The molecule has 1 saturated heterocycles. The molecule has 0 amide bonds. The van der Waals surface area contributed by atoms with Gasteiger partial charge in [0.1, 0.15) is 0 Å². The van der Waals surface area contributed by atoms with E-state index in [9.17, 15) is 9.90 Å². The number of nitrogens with zero attached hydrogens (tertiary/aromatic N) is 3. The minimum absolute atomic E-state index is 0.359. The summed E-state index contributed by atoms with van der Waals surface area (Å²) in [5.74, 6) is -0.334. The van der Waals surface area contributed by atoms with Crippen molar-refractivity contribution in [1.29, 1.82) is 0 Å². The van der Waals surface area contributed by atoms with Gasteiger partial charge in [-0.2, -0.15) is 0 Å². The van der Waals surface area contributed by atoms with Crippen LogP contribution >= 0.6 is 0 Å². The van der Waals surface area contributed by atoms with Crippen LogP contribution in [0, 0.1) is 0 Å². The minimum atomic E-state index is -0.868. The van der Waals surface area contributed by atoms with Gasteiger partial charge >= 0.3 is 5.97 Å². The van der Waals surface area contributed by atoms with Gasteiger partial charge < -0.3 is 9.67 Å². The topological polar surface area (TPSA) is 58.4 Å².